The summed E-state index contributed by atoms with van der Waals surface area (Å²) >= 11 is 12.4. The molecule has 3 aromatic rings. The van der Waals surface area contributed by atoms with Crippen LogP contribution in [0.5, 0.6) is 0 Å². The van der Waals surface area contributed by atoms with Gasteiger partial charge in [0.05, 0.1) is 41.0 Å². The Labute approximate surface area is 269 Å². The molecular formula is C32H30Cl2F2N2O6S. The Hall–Kier alpha value is -3.25. The number of carbonyl (C=O) groups excluding carboxylic acids is 1. The summed E-state index contributed by atoms with van der Waals surface area (Å²) in [5, 5.41) is 9.25. The van der Waals surface area contributed by atoms with Crippen LogP contribution in [0, 0.1) is 17.6 Å². The van der Waals surface area contributed by atoms with E-state index in [1.807, 2.05) is 0 Å². The second kappa shape index (κ2) is 12.5. The molecule has 1 N–H and O–H groups in total. The second-order valence-corrected chi connectivity index (χ2v) is 14.7. The van der Waals surface area contributed by atoms with Gasteiger partial charge >= 0.3 is 5.97 Å². The Morgan fingerprint density at radius 2 is 1.71 bits per heavy atom. The predicted octanol–water partition coefficient (Wildman–Crippen LogP) is 6.53. The van der Waals surface area contributed by atoms with Crippen LogP contribution >= 0.6 is 23.2 Å². The van der Waals surface area contributed by atoms with Crippen LogP contribution < -0.4 is 4.31 Å². The number of ether oxygens (including phenoxy) is 1. The molecule has 1 amide bonds. The highest BCUT2D eigenvalue weighted by molar-refractivity contribution is 7.93. The number of halogens is 4. The zero-order chi connectivity index (χ0) is 32.0. The number of hydrogen-bond acceptors (Lipinski definition) is 5. The lowest BCUT2D eigenvalue weighted by atomic mass is 9.89. The number of aliphatic carboxylic acids is 1. The van der Waals surface area contributed by atoms with Crippen molar-refractivity contribution in [3.05, 3.63) is 99.5 Å². The molecule has 0 aromatic heterocycles. The molecule has 1 saturated heterocycles. The molecule has 1 aliphatic heterocycles. The molecule has 0 spiro atoms. The SMILES string of the molecule is O=C(O)CC1OC(c2cccc(Cl)c2)C(c2ccc(Cl)c(F)c2)N(C(CN(c2ccccc2F)S(=O)(=O)C2CC2)C2CC2)C1=O. The molecule has 6 rings (SSSR count). The number of para-hydroxylation sites is 1. The Kier molecular flexibility index (Phi) is 8.82. The maximum atomic E-state index is 15.3. The van der Waals surface area contributed by atoms with E-state index in [1.165, 1.54) is 41.3 Å². The van der Waals surface area contributed by atoms with Crippen molar-refractivity contribution < 1.29 is 36.6 Å². The van der Waals surface area contributed by atoms with E-state index in [4.69, 9.17) is 27.9 Å². The monoisotopic (exact) mass is 678 g/mol. The molecule has 8 nitrogen and oxygen atoms in total. The van der Waals surface area contributed by atoms with Gasteiger partial charge in [-0.3, -0.25) is 13.9 Å². The van der Waals surface area contributed by atoms with Crippen LogP contribution in [0.15, 0.2) is 66.7 Å². The van der Waals surface area contributed by atoms with Crippen molar-refractivity contribution in [3.8, 4) is 0 Å². The number of morpholine rings is 1. The zero-order valence-electron chi connectivity index (χ0n) is 23.9. The molecule has 3 fully saturated rings. The average Bonchev–Trinajstić information content (AvgIpc) is 3.90. The predicted molar refractivity (Wildman–Crippen MR) is 165 cm³/mol. The van der Waals surface area contributed by atoms with Crippen LogP contribution in [-0.2, 0) is 24.3 Å². The van der Waals surface area contributed by atoms with Gasteiger partial charge in [0.2, 0.25) is 10.0 Å². The lowest BCUT2D eigenvalue weighted by molar-refractivity contribution is -0.183. The summed E-state index contributed by atoms with van der Waals surface area (Å²) in [7, 11) is -4.02. The lowest BCUT2D eigenvalue weighted by Crippen LogP contribution is -2.59. The Bertz CT molecular complexity index is 1740. The maximum Gasteiger partial charge on any atom is 0.306 e. The van der Waals surface area contributed by atoms with Gasteiger partial charge < -0.3 is 14.7 Å². The fourth-order valence-electron chi connectivity index (χ4n) is 6.05. The van der Waals surface area contributed by atoms with Crippen molar-refractivity contribution in [2.24, 2.45) is 5.92 Å². The Balaban J connectivity index is 1.52. The first-order valence-corrected chi connectivity index (χ1v) is 16.9. The van der Waals surface area contributed by atoms with Crippen LogP contribution in [0.3, 0.4) is 0 Å². The van der Waals surface area contributed by atoms with Gasteiger partial charge in [-0.2, -0.15) is 0 Å². The maximum absolute atomic E-state index is 15.3. The number of benzene rings is 3. The highest BCUT2D eigenvalue weighted by Gasteiger charge is 2.52. The summed E-state index contributed by atoms with van der Waals surface area (Å²) < 4.78 is 65.2. The number of anilines is 1. The first kappa shape index (κ1) is 31.7. The molecular weight excluding hydrogens is 649 g/mol. The standard InChI is InChI=1S/C32H30Cl2F2N2O6S/c33-21-5-3-4-20(14-21)31-30(19-10-13-23(34)25(36)15-19)38(32(41)28(44-31)16-29(39)40)27(18-8-9-18)17-37(45(42,43)22-11-12-22)26-7-2-1-6-24(26)35/h1-7,10,13-15,18,22,27-28,30-31H,8-9,11-12,16-17H2,(H,39,40). The van der Waals surface area contributed by atoms with Gasteiger partial charge in [0, 0.05) is 5.02 Å². The molecule has 1 heterocycles. The topological polar surface area (TPSA) is 104 Å². The van der Waals surface area contributed by atoms with Crippen molar-refractivity contribution in [1.29, 1.82) is 0 Å². The Morgan fingerprint density at radius 1 is 0.978 bits per heavy atom. The number of hydrogen-bond donors (Lipinski definition) is 1. The van der Waals surface area contributed by atoms with Crippen LogP contribution in [-0.4, -0.2) is 54.2 Å². The van der Waals surface area contributed by atoms with Gasteiger partial charge in [-0.05, 0) is 79.1 Å². The minimum Gasteiger partial charge on any atom is -0.481 e. The van der Waals surface area contributed by atoms with E-state index in [0.717, 1.165) is 4.31 Å². The third-order valence-electron chi connectivity index (χ3n) is 8.50. The first-order chi connectivity index (χ1) is 21.5. The number of carboxylic acids is 1. The molecule has 3 aliphatic rings. The summed E-state index contributed by atoms with van der Waals surface area (Å²) in [6.45, 7) is -0.287. The lowest BCUT2D eigenvalue weighted by Gasteiger charge is -2.49. The zero-order valence-corrected chi connectivity index (χ0v) is 26.2. The van der Waals surface area contributed by atoms with Crippen LogP contribution in [0.1, 0.15) is 55.4 Å². The van der Waals surface area contributed by atoms with Crippen molar-refractivity contribution >= 4 is 50.8 Å². The van der Waals surface area contributed by atoms with E-state index < -0.39 is 69.5 Å². The summed E-state index contributed by atoms with van der Waals surface area (Å²) in [5.74, 6) is -3.64. The summed E-state index contributed by atoms with van der Waals surface area (Å²) in [6.07, 6.45) is -0.959. The van der Waals surface area contributed by atoms with Gasteiger partial charge in [-0.25, -0.2) is 17.2 Å². The van der Waals surface area contributed by atoms with Crippen LogP contribution in [0.25, 0.3) is 0 Å². The molecule has 2 saturated carbocycles. The van der Waals surface area contributed by atoms with E-state index in [-0.39, 0.29) is 23.2 Å². The number of nitrogens with zero attached hydrogens (tertiary/aromatic N) is 2. The minimum absolute atomic E-state index is 0.140. The van der Waals surface area contributed by atoms with Crippen molar-refractivity contribution in [2.75, 3.05) is 10.8 Å². The van der Waals surface area contributed by atoms with Crippen molar-refractivity contribution in [2.45, 2.75) is 61.6 Å². The fraction of sp³-hybridized carbons (Fsp3) is 0.375. The van der Waals surface area contributed by atoms with Gasteiger partial charge in [0.1, 0.15) is 23.8 Å². The third-order valence-corrected chi connectivity index (χ3v) is 11.3. The van der Waals surface area contributed by atoms with Gasteiger partial charge in [-0.15, -0.1) is 0 Å². The molecule has 238 valence electrons. The minimum atomic E-state index is -4.02. The van der Waals surface area contributed by atoms with E-state index in [0.29, 0.717) is 41.8 Å². The van der Waals surface area contributed by atoms with Crippen LogP contribution in [0.2, 0.25) is 10.0 Å². The van der Waals surface area contributed by atoms with E-state index >= 15 is 4.39 Å². The van der Waals surface area contributed by atoms with Gasteiger partial charge in [-0.1, -0.05) is 53.5 Å². The van der Waals surface area contributed by atoms with E-state index in [1.54, 1.807) is 30.3 Å². The number of rotatable bonds is 11. The average molecular weight is 680 g/mol. The number of amides is 1. The largest absolute Gasteiger partial charge is 0.481 e. The smallest absolute Gasteiger partial charge is 0.306 e. The van der Waals surface area contributed by atoms with Crippen molar-refractivity contribution in [3.63, 3.8) is 0 Å². The first-order valence-electron chi connectivity index (χ1n) is 14.6. The number of carboxylic acid groups (broad SMARTS) is 1. The normalized spacial score (nSPS) is 22.7. The summed E-state index contributed by atoms with van der Waals surface area (Å²) in [6, 6.07) is 14.4. The third kappa shape index (κ3) is 6.54. The molecule has 2 aliphatic carbocycles. The molecule has 3 aromatic carbocycles. The molecule has 0 bridgehead atoms. The van der Waals surface area contributed by atoms with E-state index in [2.05, 4.69) is 0 Å². The number of carbonyl (C=O) groups is 2. The Morgan fingerprint density at radius 3 is 2.33 bits per heavy atom. The fourth-order valence-corrected chi connectivity index (χ4v) is 8.24. The van der Waals surface area contributed by atoms with Crippen molar-refractivity contribution in [1.82, 2.24) is 4.90 Å². The highest BCUT2D eigenvalue weighted by atomic mass is 35.5. The molecule has 4 unspecified atom stereocenters. The second-order valence-electron chi connectivity index (χ2n) is 11.7. The summed E-state index contributed by atoms with van der Waals surface area (Å²) in [5.41, 5.74) is 0.664. The highest BCUT2D eigenvalue weighted by Crippen LogP contribution is 2.49. The summed E-state index contributed by atoms with van der Waals surface area (Å²) in [4.78, 5) is 27.7. The quantitative estimate of drug-likeness (QED) is 0.247. The number of sulfonamides is 1. The van der Waals surface area contributed by atoms with Crippen LogP contribution in [0.4, 0.5) is 14.5 Å². The van der Waals surface area contributed by atoms with E-state index in [9.17, 15) is 27.5 Å². The molecule has 0 radical (unpaired) electrons. The molecule has 45 heavy (non-hydrogen) atoms. The molecule has 4 atom stereocenters. The molecule has 13 heteroatoms. The van der Waals surface area contributed by atoms with Gasteiger partial charge in [0.15, 0.2) is 0 Å². The van der Waals surface area contributed by atoms with Gasteiger partial charge in [0.25, 0.3) is 5.91 Å².